The maximum Gasteiger partial charge on any atom is 0.00670 e. The Balaban J connectivity index is 1.91. The summed E-state index contributed by atoms with van der Waals surface area (Å²) in [5, 5.41) is 3.69. The van der Waals surface area contributed by atoms with Crippen molar-refractivity contribution in [2.24, 2.45) is 0 Å². The van der Waals surface area contributed by atoms with Crippen molar-refractivity contribution >= 4 is 0 Å². The lowest BCUT2D eigenvalue weighted by Gasteiger charge is -2.23. The Kier molecular flexibility index (Phi) is 7.03. The Morgan fingerprint density at radius 2 is 1.87 bits per heavy atom. The summed E-state index contributed by atoms with van der Waals surface area (Å²) in [5.41, 5.74) is 0. The topological polar surface area (TPSA) is 15.3 Å². The third-order valence-corrected chi connectivity index (χ3v) is 3.36. The van der Waals surface area contributed by atoms with Gasteiger partial charge in [-0.15, -0.1) is 0 Å². The SMILES string of the molecule is CCCN(C)CCCNC1CCCCC1. The van der Waals surface area contributed by atoms with Crippen LogP contribution in [-0.2, 0) is 0 Å². The van der Waals surface area contributed by atoms with Crippen LogP contribution >= 0.6 is 0 Å². The van der Waals surface area contributed by atoms with Crippen LogP contribution in [0.25, 0.3) is 0 Å². The highest BCUT2D eigenvalue weighted by Crippen LogP contribution is 2.17. The third-order valence-electron chi connectivity index (χ3n) is 3.36. The second-order valence-electron chi connectivity index (χ2n) is 4.95. The third kappa shape index (κ3) is 6.16. The molecule has 2 nitrogen and oxygen atoms in total. The molecule has 0 aliphatic heterocycles. The summed E-state index contributed by atoms with van der Waals surface area (Å²) in [5.74, 6) is 0. The minimum atomic E-state index is 0.829. The summed E-state index contributed by atoms with van der Waals surface area (Å²) < 4.78 is 0. The predicted molar refractivity (Wildman–Crippen MR) is 67.3 cm³/mol. The van der Waals surface area contributed by atoms with E-state index in [1.807, 2.05) is 0 Å². The molecule has 2 heteroatoms. The number of rotatable bonds is 7. The standard InChI is InChI=1S/C13H28N2/c1-3-11-15(2)12-7-10-14-13-8-5-4-6-9-13/h13-14H,3-12H2,1-2H3. The molecule has 0 heterocycles. The Bertz CT molecular complexity index is 141. The number of nitrogens with one attached hydrogen (secondary N) is 1. The zero-order valence-electron chi connectivity index (χ0n) is 10.6. The van der Waals surface area contributed by atoms with Gasteiger partial charge in [0, 0.05) is 6.04 Å². The van der Waals surface area contributed by atoms with Gasteiger partial charge >= 0.3 is 0 Å². The molecule has 0 spiro atoms. The Hall–Kier alpha value is -0.0800. The molecule has 15 heavy (non-hydrogen) atoms. The molecule has 1 aliphatic rings. The molecule has 0 amide bonds. The fourth-order valence-electron chi connectivity index (χ4n) is 2.46. The molecule has 0 bridgehead atoms. The molecule has 90 valence electrons. The number of hydrogen-bond acceptors (Lipinski definition) is 2. The molecule has 1 aliphatic carbocycles. The van der Waals surface area contributed by atoms with Gasteiger partial charge in [-0.1, -0.05) is 26.2 Å². The smallest absolute Gasteiger partial charge is 0.00670 e. The van der Waals surface area contributed by atoms with Gasteiger partial charge in [-0.3, -0.25) is 0 Å². The number of nitrogens with zero attached hydrogens (tertiary/aromatic N) is 1. The molecule has 0 aromatic carbocycles. The molecule has 1 N–H and O–H groups in total. The molecule has 1 fully saturated rings. The van der Waals surface area contributed by atoms with Crippen molar-refractivity contribution in [2.75, 3.05) is 26.7 Å². The van der Waals surface area contributed by atoms with Gasteiger partial charge in [0.2, 0.25) is 0 Å². The maximum atomic E-state index is 3.69. The van der Waals surface area contributed by atoms with Gasteiger partial charge in [-0.25, -0.2) is 0 Å². The van der Waals surface area contributed by atoms with Crippen LogP contribution in [0.5, 0.6) is 0 Å². The summed E-state index contributed by atoms with van der Waals surface area (Å²) in [6, 6.07) is 0.829. The van der Waals surface area contributed by atoms with Crippen molar-refractivity contribution in [3.05, 3.63) is 0 Å². The fourth-order valence-corrected chi connectivity index (χ4v) is 2.46. The van der Waals surface area contributed by atoms with Crippen molar-refractivity contribution in [1.82, 2.24) is 10.2 Å². The molecule has 0 saturated heterocycles. The van der Waals surface area contributed by atoms with Crippen LogP contribution in [0.1, 0.15) is 51.9 Å². The lowest BCUT2D eigenvalue weighted by Crippen LogP contribution is -2.33. The quantitative estimate of drug-likeness (QED) is 0.653. The lowest BCUT2D eigenvalue weighted by atomic mass is 9.95. The largest absolute Gasteiger partial charge is 0.314 e. The summed E-state index contributed by atoms with van der Waals surface area (Å²) in [6.07, 6.45) is 9.72. The van der Waals surface area contributed by atoms with Crippen LogP contribution < -0.4 is 5.32 Å². The minimum absolute atomic E-state index is 0.829. The van der Waals surface area contributed by atoms with Crippen molar-refractivity contribution < 1.29 is 0 Å². The molecule has 1 rings (SSSR count). The first-order valence-electron chi connectivity index (χ1n) is 6.75. The highest BCUT2D eigenvalue weighted by molar-refractivity contribution is 4.71. The van der Waals surface area contributed by atoms with Crippen LogP contribution in [0.3, 0.4) is 0 Å². The fraction of sp³-hybridized carbons (Fsp3) is 1.00. The highest BCUT2D eigenvalue weighted by atomic mass is 15.1. The van der Waals surface area contributed by atoms with Crippen molar-refractivity contribution in [2.45, 2.75) is 57.9 Å². The molecule has 0 aromatic rings. The van der Waals surface area contributed by atoms with Crippen LogP contribution in [-0.4, -0.2) is 37.6 Å². The van der Waals surface area contributed by atoms with Gasteiger partial charge in [0.25, 0.3) is 0 Å². The zero-order valence-corrected chi connectivity index (χ0v) is 10.6. The van der Waals surface area contributed by atoms with Crippen LogP contribution in [0.2, 0.25) is 0 Å². The average molecular weight is 212 g/mol. The molecular weight excluding hydrogens is 184 g/mol. The summed E-state index contributed by atoms with van der Waals surface area (Å²) in [7, 11) is 2.23. The molecular formula is C13H28N2. The van der Waals surface area contributed by atoms with E-state index in [0.29, 0.717) is 0 Å². The molecule has 0 aromatic heterocycles. The van der Waals surface area contributed by atoms with E-state index in [-0.39, 0.29) is 0 Å². The summed E-state index contributed by atoms with van der Waals surface area (Å²) in [6.45, 7) is 5.94. The normalized spacial score (nSPS) is 18.6. The van der Waals surface area contributed by atoms with Gasteiger partial charge < -0.3 is 10.2 Å². The van der Waals surface area contributed by atoms with Gasteiger partial charge in [-0.2, -0.15) is 0 Å². The van der Waals surface area contributed by atoms with Gasteiger partial charge in [0.1, 0.15) is 0 Å². The van der Waals surface area contributed by atoms with E-state index in [4.69, 9.17) is 0 Å². The first-order chi connectivity index (χ1) is 7.33. The second-order valence-corrected chi connectivity index (χ2v) is 4.95. The minimum Gasteiger partial charge on any atom is -0.314 e. The predicted octanol–water partition coefficient (Wildman–Crippen LogP) is 2.64. The van der Waals surface area contributed by atoms with Gasteiger partial charge in [0.15, 0.2) is 0 Å². The van der Waals surface area contributed by atoms with Crippen molar-refractivity contribution in [1.29, 1.82) is 0 Å². The maximum absolute atomic E-state index is 3.69. The Morgan fingerprint density at radius 1 is 1.13 bits per heavy atom. The first kappa shape index (κ1) is 13.0. The summed E-state index contributed by atoms with van der Waals surface area (Å²) >= 11 is 0. The molecule has 0 unspecified atom stereocenters. The van der Waals surface area contributed by atoms with E-state index in [1.165, 1.54) is 64.6 Å². The second kappa shape index (κ2) is 8.12. The van der Waals surface area contributed by atoms with E-state index >= 15 is 0 Å². The van der Waals surface area contributed by atoms with Gasteiger partial charge in [-0.05, 0) is 52.4 Å². The Labute approximate surface area is 95.4 Å². The zero-order chi connectivity index (χ0) is 10.9. The molecule has 0 radical (unpaired) electrons. The van der Waals surface area contributed by atoms with E-state index in [1.54, 1.807) is 0 Å². The summed E-state index contributed by atoms with van der Waals surface area (Å²) in [4.78, 5) is 2.43. The van der Waals surface area contributed by atoms with E-state index in [0.717, 1.165) is 6.04 Å². The lowest BCUT2D eigenvalue weighted by molar-refractivity contribution is 0.314. The van der Waals surface area contributed by atoms with Gasteiger partial charge in [0.05, 0.1) is 0 Å². The van der Waals surface area contributed by atoms with Crippen LogP contribution in [0.15, 0.2) is 0 Å². The first-order valence-corrected chi connectivity index (χ1v) is 6.75. The van der Waals surface area contributed by atoms with Crippen molar-refractivity contribution in [3.8, 4) is 0 Å². The van der Waals surface area contributed by atoms with E-state index in [9.17, 15) is 0 Å². The average Bonchev–Trinajstić information content (AvgIpc) is 2.26. The van der Waals surface area contributed by atoms with Crippen LogP contribution in [0, 0.1) is 0 Å². The highest BCUT2D eigenvalue weighted by Gasteiger charge is 2.11. The molecule has 0 atom stereocenters. The molecule has 1 saturated carbocycles. The van der Waals surface area contributed by atoms with Crippen molar-refractivity contribution in [3.63, 3.8) is 0 Å². The Morgan fingerprint density at radius 3 is 2.53 bits per heavy atom. The van der Waals surface area contributed by atoms with E-state index in [2.05, 4.69) is 24.2 Å². The number of hydrogen-bond donors (Lipinski definition) is 1. The van der Waals surface area contributed by atoms with Crippen LogP contribution in [0.4, 0.5) is 0 Å². The van der Waals surface area contributed by atoms with E-state index < -0.39 is 0 Å². The monoisotopic (exact) mass is 212 g/mol.